The van der Waals surface area contributed by atoms with E-state index in [0.717, 1.165) is 26.0 Å². The lowest BCUT2D eigenvalue weighted by Crippen LogP contribution is -2.14. The predicted octanol–water partition coefficient (Wildman–Crippen LogP) is 3.86. The van der Waals surface area contributed by atoms with E-state index in [2.05, 4.69) is 36.8 Å². The van der Waals surface area contributed by atoms with Gasteiger partial charge in [0.1, 0.15) is 5.75 Å². The fraction of sp³-hybridized carbons (Fsp3) is 0.214. The largest absolute Gasteiger partial charge is 0.497 e. The van der Waals surface area contributed by atoms with Gasteiger partial charge in [-0.3, -0.25) is 4.98 Å². The molecule has 1 heterocycles. The van der Waals surface area contributed by atoms with Crippen molar-refractivity contribution in [1.82, 2.24) is 4.98 Å². The predicted molar refractivity (Wildman–Crippen MR) is 83.3 cm³/mol. The zero-order chi connectivity index (χ0) is 13.8. The van der Waals surface area contributed by atoms with E-state index in [1.54, 1.807) is 13.3 Å². The van der Waals surface area contributed by atoms with E-state index in [0.29, 0.717) is 6.42 Å². The molecular weight excluding hydrogens is 372 g/mol. The summed E-state index contributed by atoms with van der Waals surface area (Å²) in [7, 11) is 1.65. The van der Waals surface area contributed by atoms with Crippen LogP contribution in [0.5, 0.6) is 5.75 Å². The van der Waals surface area contributed by atoms with E-state index in [1.807, 2.05) is 30.3 Å². The smallest absolute Gasteiger partial charge is 0.119 e. The van der Waals surface area contributed by atoms with E-state index in [-0.39, 0.29) is 6.04 Å². The van der Waals surface area contributed by atoms with Crippen LogP contribution in [0, 0.1) is 0 Å². The second-order valence-electron chi connectivity index (χ2n) is 4.17. The Morgan fingerprint density at radius 1 is 1.26 bits per heavy atom. The van der Waals surface area contributed by atoms with Gasteiger partial charge < -0.3 is 10.5 Å². The molecule has 2 aromatic rings. The SMILES string of the molecule is COc1ccc(Br)c(C(N)Cc2ccc(Br)cn2)c1. The summed E-state index contributed by atoms with van der Waals surface area (Å²) in [4.78, 5) is 4.34. The Kier molecular flexibility index (Phi) is 4.96. The van der Waals surface area contributed by atoms with Crippen LogP contribution in [0.1, 0.15) is 17.3 Å². The van der Waals surface area contributed by atoms with E-state index < -0.39 is 0 Å². The van der Waals surface area contributed by atoms with Crippen molar-refractivity contribution < 1.29 is 4.74 Å². The second-order valence-corrected chi connectivity index (χ2v) is 5.94. The number of aromatic nitrogens is 1. The van der Waals surface area contributed by atoms with E-state index in [1.165, 1.54) is 0 Å². The third-order valence-corrected chi connectivity index (χ3v) is 4.01. The molecule has 0 aliphatic heterocycles. The topological polar surface area (TPSA) is 48.1 Å². The van der Waals surface area contributed by atoms with Gasteiger partial charge in [0.25, 0.3) is 0 Å². The molecule has 2 N–H and O–H groups in total. The quantitative estimate of drug-likeness (QED) is 0.869. The Morgan fingerprint density at radius 3 is 2.68 bits per heavy atom. The number of benzene rings is 1. The zero-order valence-electron chi connectivity index (χ0n) is 10.4. The molecule has 0 aliphatic rings. The lowest BCUT2D eigenvalue weighted by atomic mass is 10.0. The van der Waals surface area contributed by atoms with Gasteiger partial charge in [0.2, 0.25) is 0 Å². The molecule has 1 aromatic heterocycles. The van der Waals surface area contributed by atoms with Crippen LogP contribution in [0.4, 0.5) is 0 Å². The molecule has 1 atom stereocenters. The minimum atomic E-state index is -0.127. The molecule has 0 fully saturated rings. The third kappa shape index (κ3) is 3.78. The van der Waals surface area contributed by atoms with E-state index in [9.17, 15) is 0 Å². The Balaban J connectivity index is 2.19. The second kappa shape index (κ2) is 6.50. The minimum absolute atomic E-state index is 0.127. The molecular formula is C14H14Br2N2O. The number of rotatable bonds is 4. The lowest BCUT2D eigenvalue weighted by molar-refractivity contribution is 0.413. The average molecular weight is 386 g/mol. The van der Waals surface area contributed by atoms with Crippen LogP contribution in [0.2, 0.25) is 0 Å². The molecule has 0 spiro atoms. The summed E-state index contributed by atoms with van der Waals surface area (Å²) in [6.45, 7) is 0. The first kappa shape index (κ1) is 14.5. The number of halogens is 2. The van der Waals surface area contributed by atoms with Gasteiger partial charge in [-0.15, -0.1) is 0 Å². The Labute approximate surface area is 129 Å². The van der Waals surface area contributed by atoms with Gasteiger partial charge in [0.15, 0.2) is 0 Å². The van der Waals surface area contributed by atoms with Gasteiger partial charge in [-0.2, -0.15) is 0 Å². The highest BCUT2D eigenvalue weighted by molar-refractivity contribution is 9.10. The molecule has 0 amide bonds. The first-order valence-corrected chi connectivity index (χ1v) is 7.38. The van der Waals surface area contributed by atoms with E-state index >= 15 is 0 Å². The highest BCUT2D eigenvalue weighted by atomic mass is 79.9. The highest BCUT2D eigenvalue weighted by Gasteiger charge is 2.12. The number of nitrogens with zero attached hydrogens (tertiary/aromatic N) is 1. The summed E-state index contributed by atoms with van der Waals surface area (Å²) in [6, 6.07) is 9.61. The molecule has 1 unspecified atom stereocenters. The van der Waals surface area contributed by atoms with Crippen molar-refractivity contribution in [3.8, 4) is 5.75 Å². The molecule has 5 heteroatoms. The maximum atomic E-state index is 6.25. The maximum Gasteiger partial charge on any atom is 0.119 e. The normalized spacial score (nSPS) is 12.2. The van der Waals surface area contributed by atoms with Crippen LogP contribution in [0.3, 0.4) is 0 Å². The average Bonchev–Trinajstić information content (AvgIpc) is 2.42. The van der Waals surface area contributed by atoms with Crippen molar-refractivity contribution in [3.63, 3.8) is 0 Å². The van der Waals surface area contributed by atoms with Crippen molar-refractivity contribution in [3.05, 3.63) is 56.7 Å². The van der Waals surface area contributed by atoms with Crippen LogP contribution in [0.25, 0.3) is 0 Å². The van der Waals surface area contributed by atoms with Crippen LogP contribution in [-0.4, -0.2) is 12.1 Å². The maximum absolute atomic E-state index is 6.25. The van der Waals surface area contributed by atoms with Crippen LogP contribution in [-0.2, 0) is 6.42 Å². The molecule has 0 bridgehead atoms. The lowest BCUT2D eigenvalue weighted by Gasteiger charge is -2.14. The number of pyridine rings is 1. The van der Waals surface area contributed by atoms with Crippen LogP contribution < -0.4 is 10.5 Å². The summed E-state index contributed by atoms with van der Waals surface area (Å²) in [5, 5.41) is 0. The third-order valence-electron chi connectivity index (χ3n) is 2.82. The molecule has 3 nitrogen and oxygen atoms in total. The van der Waals surface area contributed by atoms with Crippen molar-refractivity contribution in [2.75, 3.05) is 7.11 Å². The van der Waals surface area contributed by atoms with Crippen LogP contribution in [0.15, 0.2) is 45.5 Å². The first-order valence-electron chi connectivity index (χ1n) is 5.79. The monoisotopic (exact) mass is 384 g/mol. The standard InChI is InChI=1S/C14H14Br2N2O/c1-19-11-4-5-13(16)12(7-11)14(17)6-10-3-2-9(15)8-18-10/h2-5,7-8,14H,6,17H2,1H3. The fourth-order valence-electron chi connectivity index (χ4n) is 1.80. The molecule has 0 radical (unpaired) electrons. The molecule has 19 heavy (non-hydrogen) atoms. The number of hydrogen-bond acceptors (Lipinski definition) is 3. The summed E-state index contributed by atoms with van der Waals surface area (Å²) >= 11 is 6.89. The van der Waals surface area contributed by atoms with Gasteiger partial charge in [0.05, 0.1) is 7.11 Å². The molecule has 0 aliphatic carbocycles. The number of nitrogens with two attached hydrogens (primary N) is 1. The Hall–Kier alpha value is -0.910. The Bertz CT molecular complexity index is 558. The van der Waals surface area contributed by atoms with Crippen molar-refractivity contribution >= 4 is 31.9 Å². The van der Waals surface area contributed by atoms with Gasteiger partial charge in [-0.1, -0.05) is 15.9 Å². The number of methoxy groups -OCH3 is 1. The molecule has 2 rings (SSSR count). The summed E-state index contributed by atoms with van der Waals surface area (Å²) in [5.41, 5.74) is 8.23. The fourth-order valence-corrected chi connectivity index (χ4v) is 2.57. The van der Waals surface area contributed by atoms with Gasteiger partial charge in [-0.05, 0) is 51.8 Å². The van der Waals surface area contributed by atoms with E-state index in [4.69, 9.17) is 10.5 Å². The Morgan fingerprint density at radius 2 is 2.05 bits per heavy atom. The van der Waals surface area contributed by atoms with Crippen molar-refractivity contribution in [2.45, 2.75) is 12.5 Å². The molecule has 1 aromatic carbocycles. The minimum Gasteiger partial charge on any atom is -0.497 e. The van der Waals surface area contributed by atoms with Crippen molar-refractivity contribution in [1.29, 1.82) is 0 Å². The summed E-state index contributed by atoms with van der Waals surface area (Å²) < 4.78 is 7.18. The van der Waals surface area contributed by atoms with Gasteiger partial charge >= 0.3 is 0 Å². The summed E-state index contributed by atoms with van der Waals surface area (Å²) in [5.74, 6) is 0.803. The van der Waals surface area contributed by atoms with Gasteiger partial charge in [-0.25, -0.2) is 0 Å². The zero-order valence-corrected chi connectivity index (χ0v) is 13.6. The number of hydrogen-bond donors (Lipinski definition) is 1. The van der Waals surface area contributed by atoms with Gasteiger partial charge in [0, 0.05) is 33.3 Å². The molecule has 0 saturated heterocycles. The molecule has 100 valence electrons. The summed E-state index contributed by atoms with van der Waals surface area (Å²) in [6.07, 6.45) is 2.46. The molecule has 0 saturated carbocycles. The first-order chi connectivity index (χ1) is 9.10. The van der Waals surface area contributed by atoms with Crippen LogP contribution >= 0.6 is 31.9 Å². The highest BCUT2D eigenvalue weighted by Crippen LogP contribution is 2.28. The van der Waals surface area contributed by atoms with Crippen molar-refractivity contribution in [2.24, 2.45) is 5.73 Å². The number of ether oxygens (including phenoxy) is 1.